The van der Waals surface area contributed by atoms with Crippen molar-refractivity contribution in [1.29, 1.82) is 0 Å². The topological polar surface area (TPSA) is 128 Å². The van der Waals surface area contributed by atoms with Crippen molar-refractivity contribution in [1.82, 2.24) is 5.32 Å². The van der Waals surface area contributed by atoms with Gasteiger partial charge in [-0.05, 0) is 34.3 Å². The van der Waals surface area contributed by atoms with Crippen LogP contribution in [-0.4, -0.2) is 84.3 Å². The number of amides is 1. The van der Waals surface area contributed by atoms with Gasteiger partial charge in [-0.15, -0.1) is 0 Å². The van der Waals surface area contributed by atoms with Crippen LogP contribution in [0.5, 0.6) is 0 Å². The van der Waals surface area contributed by atoms with Gasteiger partial charge in [0.25, 0.3) is 0 Å². The number of ether oxygens (including phenoxy) is 4. The number of methoxy groups -OCH3 is 1. The average molecular weight is 684 g/mol. The minimum atomic E-state index is -3.09. The minimum absolute atomic E-state index is 0.0183. The van der Waals surface area contributed by atoms with Gasteiger partial charge in [-0.2, -0.15) is 0 Å². The maximum Gasteiger partial charge on any atom is 0.407 e. The van der Waals surface area contributed by atoms with E-state index in [9.17, 15) is 14.4 Å². The first-order chi connectivity index (χ1) is 21.1. The predicted octanol–water partition coefficient (Wildman–Crippen LogP) is 5.80. The number of rotatable bonds is 10. The van der Waals surface area contributed by atoms with Crippen molar-refractivity contribution in [2.24, 2.45) is 0 Å². The van der Waals surface area contributed by atoms with Gasteiger partial charge < -0.3 is 37.2 Å². The molecule has 3 heterocycles. The molecule has 3 aliphatic heterocycles. The highest BCUT2D eigenvalue weighted by atomic mass is 32.2. The van der Waals surface area contributed by atoms with E-state index in [4.69, 9.17) is 31.9 Å². The first kappa shape index (κ1) is 35.9. The number of hydrogen-bond acceptors (Lipinski definition) is 11. The summed E-state index contributed by atoms with van der Waals surface area (Å²) in [5.41, 5.74) is 0.287. The summed E-state index contributed by atoms with van der Waals surface area (Å²) in [5.74, 6) is -1.22. The Bertz CT molecular complexity index is 1200. The second-order valence-corrected chi connectivity index (χ2v) is 23.4. The van der Waals surface area contributed by atoms with E-state index in [-0.39, 0.29) is 35.2 Å². The number of esters is 2. The molecule has 0 bridgehead atoms. The van der Waals surface area contributed by atoms with E-state index in [1.807, 2.05) is 30.3 Å². The van der Waals surface area contributed by atoms with Crippen molar-refractivity contribution >= 4 is 46.9 Å². The Hall–Kier alpha value is -1.95. The summed E-state index contributed by atoms with van der Waals surface area (Å²) in [6.45, 7) is 18.3. The molecule has 1 amide bonds. The number of thioether (sulfide) groups is 1. The SMILES string of the molecule is COC(=O)[C@@]1(Sc2ccccc2)C[C@@H]2OC(=O)N[C@H]2[C@H]([C@H](OC(C)=O)[C@H]2CO[Si](C(C)C)(C(C)C)O[Si](C(C)C)(C(C)C)O2)O1. The fourth-order valence-electron chi connectivity index (χ4n) is 6.79. The van der Waals surface area contributed by atoms with Crippen LogP contribution in [0, 0.1) is 0 Å². The number of carbonyl (C=O) groups is 3. The van der Waals surface area contributed by atoms with Crippen molar-refractivity contribution in [3.05, 3.63) is 30.3 Å². The van der Waals surface area contributed by atoms with Gasteiger partial charge in [-0.25, -0.2) is 9.59 Å². The number of carbonyl (C=O) groups excluding carboxylic acids is 3. The van der Waals surface area contributed by atoms with Gasteiger partial charge >= 0.3 is 35.2 Å². The number of alkyl carbamates (subject to hydrolysis) is 1. The standard InChI is InChI=1S/C31H49NO10SSi2/c1-18(2)44(19(3)4)37-17-25(41-45(42-44,20(5)6)21(7)8)27(38-22(9)33)28-26-24(39-30(35)32-26)16-31(40-28,29(34)36-10)43-23-14-12-11-13-15-23/h11-15,18-21,24-28H,16-17H2,1-10H3,(H,32,35)/t24-,25+,26+,27+,28+,31-/m0/s1. The molecule has 0 saturated carbocycles. The molecule has 4 rings (SSSR count). The lowest BCUT2D eigenvalue weighted by Crippen LogP contribution is -2.65. The Morgan fingerprint density at radius 3 is 2.11 bits per heavy atom. The summed E-state index contributed by atoms with van der Waals surface area (Å²) in [6, 6.07) is 8.55. The van der Waals surface area contributed by atoms with Gasteiger partial charge in [-0.3, -0.25) is 4.79 Å². The number of nitrogens with one attached hydrogen (secondary N) is 1. The highest BCUT2D eigenvalue weighted by molar-refractivity contribution is 8.01. The molecule has 3 aliphatic rings. The number of benzene rings is 1. The van der Waals surface area contributed by atoms with Crippen LogP contribution in [0.1, 0.15) is 68.7 Å². The summed E-state index contributed by atoms with van der Waals surface area (Å²) in [5, 5.41) is 2.85. The molecule has 0 unspecified atom stereocenters. The largest absolute Gasteiger partial charge is 0.466 e. The third-order valence-electron chi connectivity index (χ3n) is 8.96. The van der Waals surface area contributed by atoms with Crippen molar-refractivity contribution in [3.63, 3.8) is 0 Å². The second kappa shape index (κ2) is 14.0. The van der Waals surface area contributed by atoms with Crippen LogP contribution >= 0.6 is 11.8 Å². The quantitative estimate of drug-likeness (QED) is 0.183. The fourth-order valence-corrected chi connectivity index (χ4v) is 19.2. The molecule has 0 radical (unpaired) electrons. The van der Waals surface area contributed by atoms with Crippen LogP contribution in [0.3, 0.4) is 0 Å². The van der Waals surface area contributed by atoms with E-state index < -0.39 is 70.5 Å². The summed E-state index contributed by atoms with van der Waals surface area (Å²) in [7, 11) is -4.68. The average Bonchev–Trinajstić information content (AvgIpc) is 3.23. The monoisotopic (exact) mass is 683 g/mol. The Morgan fingerprint density at radius 1 is 0.978 bits per heavy atom. The zero-order chi connectivity index (χ0) is 33.3. The molecule has 0 aliphatic carbocycles. The molecule has 1 aromatic rings. The van der Waals surface area contributed by atoms with E-state index in [1.165, 1.54) is 25.8 Å². The Morgan fingerprint density at radius 2 is 1.58 bits per heavy atom. The van der Waals surface area contributed by atoms with Gasteiger partial charge in [0, 0.05) is 18.2 Å². The fraction of sp³-hybridized carbons (Fsp3) is 0.710. The van der Waals surface area contributed by atoms with E-state index in [1.54, 1.807) is 0 Å². The van der Waals surface area contributed by atoms with Gasteiger partial charge in [0.05, 0.1) is 19.8 Å². The lowest BCUT2D eigenvalue weighted by atomic mass is 9.90. The molecule has 3 saturated heterocycles. The Kier molecular flexibility index (Phi) is 11.2. The maximum absolute atomic E-state index is 13.6. The molecule has 11 nitrogen and oxygen atoms in total. The summed E-state index contributed by atoms with van der Waals surface area (Å²) < 4.78 is 45.0. The summed E-state index contributed by atoms with van der Waals surface area (Å²) >= 11 is 1.17. The lowest BCUT2D eigenvalue weighted by Gasteiger charge is -2.48. The van der Waals surface area contributed by atoms with Crippen molar-refractivity contribution < 1.29 is 46.3 Å². The molecule has 0 spiro atoms. The Labute approximate surface area is 273 Å². The highest BCUT2D eigenvalue weighted by Gasteiger charge is 2.64. The van der Waals surface area contributed by atoms with Crippen LogP contribution < -0.4 is 5.32 Å². The summed E-state index contributed by atoms with van der Waals surface area (Å²) in [4.78, 5) is 38.2. The van der Waals surface area contributed by atoms with Crippen molar-refractivity contribution in [2.45, 2.75) is 131 Å². The highest BCUT2D eigenvalue weighted by Crippen LogP contribution is 2.50. The summed E-state index contributed by atoms with van der Waals surface area (Å²) in [6.07, 6.45) is -4.37. The van der Waals surface area contributed by atoms with Gasteiger partial charge in [0.2, 0.25) is 4.93 Å². The molecule has 3 fully saturated rings. The predicted molar refractivity (Wildman–Crippen MR) is 173 cm³/mol. The van der Waals surface area contributed by atoms with E-state index >= 15 is 0 Å². The van der Waals surface area contributed by atoms with Gasteiger partial charge in [-0.1, -0.05) is 85.4 Å². The molecular formula is C31H49NO10SSi2. The molecule has 0 aromatic heterocycles. The van der Waals surface area contributed by atoms with Crippen molar-refractivity contribution in [2.75, 3.05) is 13.7 Å². The molecule has 45 heavy (non-hydrogen) atoms. The van der Waals surface area contributed by atoms with E-state index in [0.717, 1.165) is 4.90 Å². The molecule has 14 heteroatoms. The van der Waals surface area contributed by atoms with Crippen LogP contribution in [0.15, 0.2) is 35.2 Å². The van der Waals surface area contributed by atoms with Gasteiger partial charge in [0.15, 0.2) is 6.10 Å². The lowest BCUT2D eigenvalue weighted by molar-refractivity contribution is -0.206. The molecular weight excluding hydrogens is 635 g/mol. The first-order valence-corrected chi connectivity index (χ1v) is 20.5. The zero-order valence-corrected chi connectivity index (χ0v) is 30.8. The van der Waals surface area contributed by atoms with Crippen molar-refractivity contribution in [3.8, 4) is 0 Å². The van der Waals surface area contributed by atoms with Crippen LogP contribution in [-0.2, 0) is 41.5 Å². The van der Waals surface area contributed by atoms with Gasteiger partial charge in [0.1, 0.15) is 18.3 Å². The number of hydrogen-bond donors (Lipinski definition) is 1. The Balaban J connectivity index is 1.85. The minimum Gasteiger partial charge on any atom is -0.466 e. The van der Waals surface area contributed by atoms with Crippen LogP contribution in [0.2, 0.25) is 22.2 Å². The van der Waals surface area contributed by atoms with E-state index in [2.05, 4.69) is 60.7 Å². The first-order valence-electron chi connectivity index (χ1n) is 15.8. The number of fused-ring (bicyclic) bond motifs is 1. The van der Waals surface area contributed by atoms with Crippen LogP contribution in [0.25, 0.3) is 0 Å². The maximum atomic E-state index is 13.6. The van der Waals surface area contributed by atoms with Crippen LogP contribution in [0.4, 0.5) is 4.79 Å². The smallest absolute Gasteiger partial charge is 0.407 e. The molecule has 1 aromatic carbocycles. The third-order valence-corrected chi connectivity index (χ3v) is 20.5. The molecule has 6 atom stereocenters. The second-order valence-electron chi connectivity index (χ2n) is 13.3. The third kappa shape index (κ3) is 7.02. The zero-order valence-electron chi connectivity index (χ0n) is 28.0. The molecule has 252 valence electrons. The van der Waals surface area contributed by atoms with E-state index in [0.29, 0.717) is 0 Å². The molecule has 1 N–H and O–H groups in total. The normalized spacial score (nSPS) is 30.0.